The van der Waals surface area contributed by atoms with E-state index in [1.165, 1.54) is 11.1 Å². The van der Waals surface area contributed by atoms with Crippen molar-refractivity contribution < 1.29 is 14.2 Å². The molecule has 22 heavy (non-hydrogen) atoms. The maximum absolute atomic E-state index is 5.80. The smallest absolute Gasteiger partial charge is 0.183 e. The van der Waals surface area contributed by atoms with Gasteiger partial charge in [0.25, 0.3) is 0 Å². The van der Waals surface area contributed by atoms with Crippen LogP contribution < -0.4 is 4.74 Å². The van der Waals surface area contributed by atoms with E-state index in [-0.39, 0.29) is 6.29 Å². The van der Waals surface area contributed by atoms with Crippen molar-refractivity contribution in [3.63, 3.8) is 0 Å². The summed E-state index contributed by atoms with van der Waals surface area (Å²) in [5.74, 6) is 0.881. The van der Waals surface area contributed by atoms with Gasteiger partial charge in [-0.05, 0) is 31.0 Å². The lowest BCUT2D eigenvalue weighted by Crippen LogP contribution is -2.17. The van der Waals surface area contributed by atoms with E-state index in [2.05, 4.69) is 31.2 Å². The molecule has 0 saturated carbocycles. The second-order valence-corrected chi connectivity index (χ2v) is 5.58. The lowest BCUT2D eigenvalue weighted by atomic mass is 10.1. The summed E-state index contributed by atoms with van der Waals surface area (Å²) in [6.45, 7) is 4.30. The minimum absolute atomic E-state index is 0.227. The molecule has 3 nitrogen and oxygen atoms in total. The first kappa shape index (κ1) is 15.1. The molecule has 0 unspecified atom stereocenters. The van der Waals surface area contributed by atoms with Crippen molar-refractivity contribution in [2.24, 2.45) is 0 Å². The third kappa shape index (κ3) is 4.09. The van der Waals surface area contributed by atoms with Gasteiger partial charge in [0.15, 0.2) is 6.29 Å². The molecule has 1 aliphatic heterocycles. The molecule has 1 heterocycles. The molecule has 1 saturated heterocycles. The number of hydrogen-bond acceptors (Lipinski definition) is 3. The summed E-state index contributed by atoms with van der Waals surface area (Å²) in [5.41, 5.74) is 3.63. The van der Waals surface area contributed by atoms with Crippen molar-refractivity contribution in [2.75, 3.05) is 19.8 Å². The third-order valence-corrected chi connectivity index (χ3v) is 3.76. The zero-order chi connectivity index (χ0) is 15.2. The predicted molar refractivity (Wildman–Crippen MR) is 86.1 cm³/mol. The highest BCUT2D eigenvalue weighted by Gasteiger charge is 2.16. The molecule has 0 N–H and O–H groups in total. The normalized spacial score (nSPS) is 15.7. The molecule has 0 aliphatic carbocycles. The topological polar surface area (TPSA) is 27.7 Å². The number of benzene rings is 2. The maximum atomic E-state index is 5.80. The molecule has 3 rings (SSSR count). The molecular formula is C19H22O3. The van der Waals surface area contributed by atoms with Crippen LogP contribution in [0.4, 0.5) is 0 Å². The van der Waals surface area contributed by atoms with E-state index in [0.717, 1.165) is 37.4 Å². The third-order valence-electron chi connectivity index (χ3n) is 3.76. The number of aryl methyl sites for hydroxylation is 1. The van der Waals surface area contributed by atoms with E-state index in [4.69, 9.17) is 14.2 Å². The van der Waals surface area contributed by atoms with Crippen molar-refractivity contribution in [1.82, 2.24) is 0 Å². The highest BCUT2D eigenvalue weighted by Crippen LogP contribution is 2.24. The number of hydrogen-bond donors (Lipinski definition) is 0. The van der Waals surface area contributed by atoms with E-state index in [1.54, 1.807) is 0 Å². The Balaban J connectivity index is 1.49. The summed E-state index contributed by atoms with van der Waals surface area (Å²) in [6, 6.07) is 16.5. The second-order valence-electron chi connectivity index (χ2n) is 5.58. The maximum Gasteiger partial charge on any atom is 0.183 e. The molecule has 1 aliphatic rings. The Morgan fingerprint density at radius 3 is 2.32 bits per heavy atom. The quantitative estimate of drug-likeness (QED) is 0.833. The SMILES string of the molecule is Cc1ccc(CCOc2ccc(C3OCCCO3)cc2)cc1. The van der Waals surface area contributed by atoms with Crippen LogP contribution in [0.2, 0.25) is 0 Å². The molecule has 2 aromatic carbocycles. The van der Waals surface area contributed by atoms with Gasteiger partial charge >= 0.3 is 0 Å². The van der Waals surface area contributed by atoms with Crippen molar-refractivity contribution in [2.45, 2.75) is 26.1 Å². The van der Waals surface area contributed by atoms with E-state index in [0.29, 0.717) is 6.61 Å². The van der Waals surface area contributed by atoms with E-state index < -0.39 is 0 Å². The van der Waals surface area contributed by atoms with E-state index in [1.807, 2.05) is 24.3 Å². The Kier molecular flexibility index (Phi) is 5.09. The van der Waals surface area contributed by atoms with Crippen molar-refractivity contribution >= 4 is 0 Å². The standard InChI is InChI=1S/C19H22O3/c1-15-3-5-16(6-4-15)11-14-20-18-9-7-17(8-10-18)19-21-12-2-13-22-19/h3-10,19H,2,11-14H2,1H3. The Bertz CT molecular complexity index is 569. The summed E-state index contributed by atoms with van der Waals surface area (Å²) in [7, 11) is 0. The molecule has 2 aromatic rings. The second kappa shape index (κ2) is 7.43. The van der Waals surface area contributed by atoms with Gasteiger partial charge in [-0.15, -0.1) is 0 Å². The van der Waals surface area contributed by atoms with Crippen LogP contribution in [0.3, 0.4) is 0 Å². The average Bonchev–Trinajstić information content (AvgIpc) is 2.58. The summed E-state index contributed by atoms with van der Waals surface area (Å²) in [4.78, 5) is 0. The van der Waals surface area contributed by atoms with Gasteiger partial charge in [-0.25, -0.2) is 0 Å². The summed E-state index contributed by atoms with van der Waals surface area (Å²) < 4.78 is 17.0. The zero-order valence-electron chi connectivity index (χ0n) is 13.0. The zero-order valence-corrected chi connectivity index (χ0v) is 13.0. The molecule has 0 amide bonds. The number of rotatable bonds is 5. The van der Waals surface area contributed by atoms with Gasteiger partial charge in [0.05, 0.1) is 19.8 Å². The Morgan fingerprint density at radius 2 is 1.64 bits per heavy atom. The molecule has 0 aromatic heterocycles. The van der Waals surface area contributed by atoms with Crippen molar-refractivity contribution in [1.29, 1.82) is 0 Å². The number of ether oxygens (including phenoxy) is 3. The van der Waals surface area contributed by atoms with Crippen molar-refractivity contribution in [3.05, 3.63) is 65.2 Å². The van der Waals surface area contributed by atoms with Crippen LogP contribution in [0.15, 0.2) is 48.5 Å². The van der Waals surface area contributed by atoms with Crippen LogP contribution in [0.1, 0.15) is 29.4 Å². The average molecular weight is 298 g/mol. The largest absolute Gasteiger partial charge is 0.493 e. The first-order chi connectivity index (χ1) is 10.8. The Morgan fingerprint density at radius 1 is 0.955 bits per heavy atom. The minimum atomic E-state index is -0.227. The van der Waals surface area contributed by atoms with Crippen LogP contribution in [-0.4, -0.2) is 19.8 Å². The Labute approximate surface area is 131 Å². The van der Waals surface area contributed by atoms with Crippen LogP contribution in [0.25, 0.3) is 0 Å². The lowest BCUT2D eigenvalue weighted by molar-refractivity contribution is -0.183. The molecule has 0 atom stereocenters. The van der Waals surface area contributed by atoms with Gasteiger partial charge in [-0.2, -0.15) is 0 Å². The predicted octanol–water partition coefficient (Wildman–Crippen LogP) is 4.05. The molecule has 0 spiro atoms. The minimum Gasteiger partial charge on any atom is -0.493 e. The van der Waals surface area contributed by atoms with Crippen LogP contribution in [0.5, 0.6) is 5.75 Å². The molecular weight excluding hydrogens is 276 g/mol. The van der Waals surface area contributed by atoms with Crippen LogP contribution in [0, 0.1) is 6.92 Å². The fourth-order valence-electron chi connectivity index (χ4n) is 2.44. The molecule has 3 heteroatoms. The van der Waals surface area contributed by atoms with Gasteiger partial charge in [0.1, 0.15) is 5.75 Å². The fourth-order valence-corrected chi connectivity index (χ4v) is 2.44. The molecule has 1 fully saturated rings. The molecule has 0 bridgehead atoms. The lowest BCUT2D eigenvalue weighted by Gasteiger charge is -2.23. The van der Waals surface area contributed by atoms with Gasteiger partial charge < -0.3 is 14.2 Å². The van der Waals surface area contributed by atoms with Gasteiger partial charge in [0, 0.05) is 12.0 Å². The van der Waals surface area contributed by atoms with Gasteiger partial charge in [-0.1, -0.05) is 42.0 Å². The summed E-state index contributed by atoms with van der Waals surface area (Å²) >= 11 is 0. The Hall–Kier alpha value is -1.84. The van der Waals surface area contributed by atoms with Gasteiger partial charge in [-0.3, -0.25) is 0 Å². The molecule has 0 radical (unpaired) electrons. The highest BCUT2D eigenvalue weighted by molar-refractivity contribution is 5.28. The summed E-state index contributed by atoms with van der Waals surface area (Å²) in [5, 5.41) is 0. The highest BCUT2D eigenvalue weighted by atomic mass is 16.7. The summed E-state index contributed by atoms with van der Waals surface area (Å²) in [6.07, 6.45) is 1.66. The van der Waals surface area contributed by atoms with E-state index >= 15 is 0 Å². The first-order valence-electron chi connectivity index (χ1n) is 7.83. The van der Waals surface area contributed by atoms with Crippen molar-refractivity contribution in [3.8, 4) is 5.75 Å². The fraction of sp³-hybridized carbons (Fsp3) is 0.368. The molecule has 116 valence electrons. The van der Waals surface area contributed by atoms with Gasteiger partial charge in [0.2, 0.25) is 0 Å². The van der Waals surface area contributed by atoms with E-state index in [9.17, 15) is 0 Å². The van der Waals surface area contributed by atoms with Crippen LogP contribution in [-0.2, 0) is 15.9 Å². The monoisotopic (exact) mass is 298 g/mol. The van der Waals surface area contributed by atoms with Crippen LogP contribution >= 0.6 is 0 Å². The first-order valence-corrected chi connectivity index (χ1v) is 7.83.